The molecule has 0 radical (unpaired) electrons. The van der Waals surface area contributed by atoms with Gasteiger partial charge in [0.2, 0.25) is 0 Å². The molecule has 3 atom stereocenters. The summed E-state index contributed by atoms with van der Waals surface area (Å²) in [7, 11) is 0. The van der Waals surface area contributed by atoms with Crippen molar-refractivity contribution in [3.63, 3.8) is 0 Å². The molecule has 3 nitrogen and oxygen atoms in total. The van der Waals surface area contributed by atoms with Gasteiger partial charge in [-0.15, -0.1) is 0 Å². The van der Waals surface area contributed by atoms with E-state index in [0.29, 0.717) is 18.4 Å². The summed E-state index contributed by atoms with van der Waals surface area (Å²) in [6.45, 7) is 4.91. The van der Waals surface area contributed by atoms with Crippen molar-refractivity contribution in [2.75, 3.05) is 6.54 Å². The first-order valence-corrected chi connectivity index (χ1v) is 5.98. The van der Waals surface area contributed by atoms with Gasteiger partial charge in [-0.2, -0.15) is 0 Å². The average Bonchev–Trinajstić information content (AvgIpc) is 2.56. The van der Waals surface area contributed by atoms with Crippen LogP contribution in [0.5, 0.6) is 0 Å². The standard InChI is InChI=1S/C12H23NO2/c1-3-9-5-12(8-13,7-11(14)15)6-10(9)4-2/h9-10H,3-8,13H2,1-2H3,(H,14,15)/t9-,10?,12?/m0/s1. The quantitative estimate of drug-likeness (QED) is 0.736. The zero-order chi connectivity index (χ0) is 11.5. The first kappa shape index (κ1) is 12.5. The Labute approximate surface area is 92.0 Å². The fourth-order valence-electron chi connectivity index (χ4n) is 3.19. The summed E-state index contributed by atoms with van der Waals surface area (Å²) in [4.78, 5) is 10.9. The lowest BCUT2D eigenvalue weighted by atomic mass is 9.81. The number of nitrogens with two attached hydrogens (primary N) is 1. The first-order valence-electron chi connectivity index (χ1n) is 5.98. The maximum Gasteiger partial charge on any atom is 0.303 e. The molecule has 0 aromatic carbocycles. The molecule has 0 aliphatic heterocycles. The van der Waals surface area contributed by atoms with Gasteiger partial charge in [0.25, 0.3) is 0 Å². The molecule has 0 amide bonds. The highest BCUT2D eigenvalue weighted by molar-refractivity contribution is 5.67. The highest BCUT2D eigenvalue weighted by Crippen LogP contribution is 2.49. The van der Waals surface area contributed by atoms with E-state index in [9.17, 15) is 4.79 Å². The largest absolute Gasteiger partial charge is 0.481 e. The number of hydrogen-bond acceptors (Lipinski definition) is 2. The van der Waals surface area contributed by atoms with Crippen LogP contribution in [0.15, 0.2) is 0 Å². The van der Waals surface area contributed by atoms with Crippen molar-refractivity contribution in [1.82, 2.24) is 0 Å². The van der Waals surface area contributed by atoms with Gasteiger partial charge in [-0.3, -0.25) is 4.79 Å². The first-order chi connectivity index (χ1) is 7.06. The number of hydrogen-bond donors (Lipinski definition) is 2. The molecule has 1 rings (SSSR count). The smallest absolute Gasteiger partial charge is 0.303 e. The maximum atomic E-state index is 10.9. The minimum Gasteiger partial charge on any atom is -0.481 e. The second-order valence-corrected chi connectivity index (χ2v) is 5.02. The number of rotatable bonds is 5. The van der Waals surface area contributed by atoms with Crippen molar-refractivity contribution in [2.45, 2.75) is 46.0 Å². The number of carboxylic acid groups (broad SMARTS) is 1. The molecule has 0 spiro atoms. The molecule has 3 N–H and O–H groups in total. The molecule has 1 fully saturated rings. The molecule has 15 heavy (non-hydrogen) atoms. The van der Waals surface area contributed by atoms with Crippen molar-refractivity contribution in [3.8, 4) is 0 Å². The van der Waals surface area contributed by atoms with Crippen molar-refractivity contribution in [1.29, 1.82) is 0 Å². The third-order valence-corrected chi connectivity index (χ3v) is 4.07. The van der Waals surface area contributed by atoms with E-state index in [1.165, 1.54) is 0 Å². The third kappa shape index (κ3) is 2.71. The zero-order valence-electron chi connectivity index (χ0n) is 9.83. The van der Waals surface area contributed by atoms with Crippen LogP contribution >= 0.6 is 0 Å². The summed E-state index contributed by atoms with van der Waals surface area (Å²) in [6.07, 6.45) is 4.56. The van der Waals surface area contributed by atoms with E-state index in [4.69, 9.17) is 10.8 Å². The monoisotopic (exact) mass is 213 g/mol. The van der Waals surface area contributed by atoms with Gasteiger partial charge >= 0.3 is 5.97 Å². The summed E-state index contributed by atoms with van der Waals surface area (Å²) in [6, 6.07) is 0. The van der Waals surface area contributed by atoms with Gasteiger partial charge in [-0.1, -0.05) is 26.7 Å². The molecule has 0 saturated heterocycles. The molecular formula is C12H23NO2. The van der Waals surface area contributed by atoms with Crippen LogP contribution in [-0.2, 0) is 4.79 Å². The molecule has 3 heteroatoms. The molecule has 2 unspecified atom stereocenters. The Kier molecular flexibility index (Phi) is 4.14. The maximum absolute atomic E-state index is 10.9. The lowest BCUT2D eigenvalue weighted by molar-refractivity contribution is -0.139. The lowest BCUT2D eigenvalue weighted by Crippen LogP contribution is -2.30. The van der Waals surface area contributed by atoms with Crippen LogP contribution < -0.4 is 5.73 Å². The molecular weight excluding hydrogens is 190 g/mol. The molecule has 1 saturated carbocycles. The van der Waals surface area contributed by atoms with E-state index in [1.807, 2.05) is 0 Å². The van der Waals surface area contributed by atoms with Crippen LogP contribution in [0.3, 0.4) is 0 Å². The summed E-state index contributed by atoms with van der Waals surface area (Å²) in [5.41, 5.74) is 5.67. The third-order valence-electron chi connectivity index (χ3n) is 4.07. The summed E-state index contributed by atoms with van der Waals surface area (Å²) >= 11 is 0. The highest BCUT2D eigenvalue weighted by atomic mass is 16.4. The van der Waals surface area contributed by atoms with Gasteiger partial charge in [0.05, 0.1) is 6.42 Å². The molecule has 1 aliphatic rings. The topological polar surface area (TPSA) is 63.3 Å². The second-order valence-electron chi connectivity index (χ2n) is 5.02. The summed E-state index contributed by atoms with van der Waals surface area (Å²) < 4.78 is 0. The molecule has 1 aliphatic carbocycles. The van der Waals surface area contributed by atoms with Crippen LogP contribution in [-0.4, -0.2) is 17.6 Å². The van der Waals surface area contributed by atoms with Gasteiger partial charge in [0.15, 0.2) is 0 Å². The van der Waals surface area contributed by atoms with Gasteiger partial charge in [-0.05, 0) is 36.6 Å². The normalized spacial score (nSPS) is 35.7. The Hall–Kier alpha value is -0.570. The van der Waals surface area contributed by atoms with E-state index in [1.54, 1.807) is 0 Å². The predicted molar refractivity (Wildman–Crippen MR) is 60.5 cm³/mol. The number of carbonyl (C=O) groups is 1. The SMILES string of the molecule is CCC1CC(CN)(CC(=O)O)C[C@@H]1CC. The van der Waals surface area contributed by atoms with Crippen LogP contribution in [0, 0.1) is 17.3 Å². The number of aliphatic carboxylic acids is 1. The van der Waals surface area contributed by atoms with Crippen LogP contribution in [0.1, 0.15) is 46.0 Å². The number of carboxylic acids is 1. The Bertz CT molecular complexity index is 216. The van der Waals surface area contributed by atoms with E-state index in [2.05, 4.69) is 13.8 Å². The van der Waals surface area contributed by atoms with Crippen LogP contribution in [0.2, 0.25) is 0 Å². The lowest BCUT2D eigenvalue weighted by Gasteiger charge is -2.25. The van der Waals surface area contributed by atoms with E-state index in [0.717, 1.165) is 25.7 Å². The van der Waals surface area contributed by atoms with E-state index in [-0.39, 0.29) is 11.8 Å². The highest BCUT2D eigenvalue weighted by Gasteiger charge is 2.43. The molecule has 0 aromatic rings. The van der Waals surface area contributed by atoms with Gasteiger partial charge in [0, 0.05) is 0 Å². The predicted octanol–water partition coefficient (Wildman–Crippen LogP) is 2.25. The summed E-state index contributed by atoms with van der Waals surface area (Å²) in [5.74, 6) is 0.655. The van der Waals surface area contributed by atoms with Gasteiger partial charge in [-0.25, -0.2) is 0 Å². The average molecular weight is 213 g/mol. The zero-order valence-corrected chi connectivity index (χ0v) is 9.83. The molecule has 0 bridgehead atoms. The van der Waals surface area contributed by atoms with Crippen molar-refractivity contribution in [3.05, 3.63) is 0 Å². The Morgan fingerprint density at radius 1 is 1.33 bits per heavy atom. The van der Waals surface area contributed by atoms with Gasteiger partial charge < -0.3 is 10.8 Å². The van der Waals surface area contributed by atoms with Crippen molar-refractivity contribution in [2.24, 2.45) is 23.0 Å². The molecule has 0 aromatic heterocycles. The Balaban J connectivity index is 2.72. The Morgan fingerprint density at radius 2 is 1.80 bits per heavy atom. The molecule has 88 valence electrons. The van der Waals surface area contributed by atoms with Crippen LogP contribution in [0.25, 0.3) is 0 Å². The minimum absolute atomic E-state index is 0.118. The van der Waals surface area contributed by atoms with E-state index < -0.39 is 5.97 Å². The molecule has 0 heterocycles. The second kappa shape index (κ2) is 4.97. The van der Waals surface area contributed by atoms with Crippen molar-refractivity contribution < 1.29 is 9.90 Å². The minimum atomic E-state index is -0.702. The van der Waals surface area contributed by atoms with Gasteiger partial charge in [0.1, 0.15) is 0 Å². The Morgan fingerprint density at radius 3 is 2.07 bits per heavy atom. The fraction of sp³-hybridized carbons (Fsp3) is 0.917. The van der Waals surface area contributed by atoms with E-state index >= 15 is 0 Å². The summed E-state index contributed by atoms with van der Waals surface area (Å²) in [5, 5.41) is 8.93. The van der Waals surface area contributed by atoms with Crippen LogP contribution in [0.4, 0.5) is 0 Å². The fourth-order valence-corrected chi connectivity index (χ4v) is 3.19. The van der Waals surface area contributed by atoms with Crippen molar-refractivity contribution >= 4 is 5.97 Å².